The summed E-state index contributed by atoms with van der Waals surface area (Å²) in [5.41, 5.74) is 0.719. The zero-order valence-corrected chi connectivity index (χ0v) is 13.4. The van der Waals surface area contributed by atoms with Crippen LogP contribution in [0.1, 0.15) is 34.1 Å². The average molecular weight is 294 g/mol. The smallest absolute Gasteiger partial charge is 0.225 e. The Kier molecular flexibility index (Phi) is 7.61. The van der Waals surface area contributed by atoms with E-state index in [0.717, 1.165) is 5.69 Å². The van der Waals surface area contributed by atoms with Crippen LogP contribution in [0, 0.1) is 0 Å². The minimum atomic E-state index is -0.0187. The molecule has 0 saturated carbocycles. The maximum Gasteiger partial charge on any atom is 0.225 e. The number of ether oxygens (including phenoxy) is 2. The Morgan fingerprint density at radius 2 is 1.81 bits per heavy atom. The summed E-state index contributed by atoms with van der Waals surface area (Å²) in [6, 6.07) is 5.81. The van der Waals surface area contributed by atoms with Gasteiger partial charge in [0.05, 0.1) is 13.2 Å². The Morgan fingerprint density at radius 1 is 1.14 bits per heavy atom. The molecule has 5 nitrogen and oxygen atoms in total. The molecule has 0 heterocycles. The number of amides is 1. The molecule has 1 aromatic rings. The lowest BCUT2D eigenvalue weighted by Gasteiger charge is -2.13. The molecule has 0 aliphatic rings. The number of hydrogen-bond acceptors (Lipinski definition) is 4. The Morgan fingerprint density at radius 3 is 2.43 bits per heavy atom. The van der Waals surface area contributed by atoms with Crippen molar-refractivity contribution in [2.45, 2.75) is 40.2 Å². The van der Waals surface area contributed by atoms with Crippen LogP contribution in [0.2, 0.25) is 0 Å². The number of anilines is 1. The highest BCUT2D eigenvalue weighted by molar-refractivity contribution is 5.91. The van der Waals surface area contributed by atoms with Gasteiger partial charge in [-0.1, -0.05) is 13.8 Å². The van der Waals surface area contributed by atoms with Crippen molar-refractivity contribution < 1.29 is 14.3 Å². The summed E-state index contributed by atoms with van der Waals surface area (Å²) in [7, 11) is 0. The average Bonchev–Trinajstić information content (AvgIpc) is 2.41. The van der Waals surface area contributed by atoms with E-state index in [2.05, 4.69) is 24.5 Å². The fourth-order valence-corrected chi connectivity index (χ4v) is 1.83. The summed E-state index contributed by atoms with van der Waals surface area (Å²) in [6.07, 6.45) is 0.440. The van der Waals surface area contributed by atoms with Crippen LogP contribution in [0.5, 0.6) is 11.5 Å². The van der Waals surface area contributed by atoms with Gasteiger partial charge >= 0.3 is 0 Å². The van der Waals surface area contributed by atoms with Gasteiger partial charge in [-0.3, -0.25) is 4.79 Å². The van der Waals surface area contributed by atoms with Gasteiger partial charge in [-0.15, -0.1) is 0 Å². The number of nitrogens with one attached hydrogen (secondary N) is 2. The molecule has 0 aliphatic carbocycles. The predicted molar refractivity (Wildman–Crippen MR) is 85.2 cm³/mol. The monoisotopic (exact) mass is 294 g/mol. The molecule has 2 N–H and O–H groups in total. The first-order valence-corrected chi connectivity index (χ1v) is 7.49. The van der Waals surface area contributed by atoms with Crippen LogP contribution in [0.4, 0.5) is 5.69 Å². The molecular weight excluding hydrogens is 268 g/mol. The molecule has 0 bridgehead atoms. The first-order valence-electron chi connectivity index (χ1n) is 7.49. The standard InChI is InChI=1S/C16H26N2O3/c1-5-20-14-8-7-13(11-15(14)21-6-2)18-16(19)9-10-17-12(3)4/h7-8,11-12,17H,5-6,9-10H2,1-4H3,(H,18,19). The molecule has 0 atom stereocenters. The molecule has 0 saturated heterocycles. The summed E-state index contributed by atoms with van der Waals surface area (Å²) >= 11 is 0. The second-order valence-corrected chi connectivity index (χ2v) is 4.93. The molecule has 0 aliphatic heterocycles. The van der Waals surface area contributed by atoms with Crippen LogP contribution in [0.3, 0.4) is 0 Å². The third-order valence-corrected chi connectivity index (χ3v) is 2.73. The van der Waals surface area contributed by atoms with Gasteiger partial charge in [0.25, 0.3) is 0 Å². The normalized spacial score (nSPS) is 10.5. The zero-order chi connectivity index (χ0) is 15.7. The molecule has 1 aromatic carbocycles. The molecule has 1 amide bonds. The van der Waals surface area contributed by atoms with Crippen LogP contribution in [0.25, 0.3) is 0 Å². The van der Waals surface area contributed by atoms with Crippen molar-refractivity contribution in [1.29, 1.82) is 0 Å². The summed E-state index contributed by atoms with van der Waals surface area (Å²) in [5, 5.41) is 6.08. The van der Waals surface area contributed by atoms with Crippen molar-refractivity contribution >= 4 is 11.6 Å². The Hall–Kier alpha value is -1.75. The van der Waals surface area contributed by atoms with E-state index in [1.807, 2.05) is 26.0 Å². The van der Waals surface area contributed by atoms with Gasteiger partial charge in [-0.25, -0.2) is 0 Å². The van der Waals surface area contributed by atoms with E-state index >= 15 is 0 Å². The third-order valence-electron chi connectivity index (χ3n) is 2.73. The van der Waals surface area contributed by atoms with E-state index in [-0.39, 0.29) is 5.91 Å². The first-order chi connectivity index (χ1) is 10.1. The van der Waals surface area contributed by atoms with Crippen LogP contribution in [-0.2, 0) is 4.79 Å². The number of carbonyl (C=O) groups excluding carboxylic acids is 1. The number of rotatable bonds is 9. The SMILES string of the molecule is CCOc1ccc(NC(=O)CCNC(C)C)cc1OCC. The lowest BCUT2D eigenvalue weighted by atomic mass is 10.2. The molecule has 0 spiro atoms. The van der Waals surface area contributed by atoms with Crippen molar-refractivity contribution in [2.75, 3.05) is 25.1 Å². The highest BCUT2D eigenvalue weighted by atomic mass is 16.5. The quantitative estimate of drug-likeness (QED) is 0.735. The molecule has 0 aromatic heterocycles. The van der Waals surface area contributed by atoms with Crippen molar-refractivity contribution in [3.05, 3.63) is 18.2 Å². The van der Waals surface area contributed by atoms with E-state index < -0.39 is 0 Å². The van der Waals surface area contributed by atoms with Gasteiger partial charge in [-0.05, 0) is 26.0 Å². The molecule has 0 unspecified atom stereocenters. The Balaban J connectivity index is 2.62. The van der Waals surface area contributed by atoms with Crippen molar-refractivity contribution in [2.24, 2.45) is 0 Å². The summed E-state index contributed by atoms with van der Waals surface area (Å²) < 4.78 is 11.0. The molecular formula is C16H26N2O3. The Labute approximate surface area is 127 Å². The van der Waals surface area contributed by atoms with E-state index in [9.17, 15) is 4.79 Å². The fourth-order valence-electron chi connectivity index (χ4n) is 1.83. The van der Waals surface area contributed by atoms with Gasteiger partial charge in [-0.2, -0.15) is 0 Å². The number of hydrogen-bond donors (Lipinski definition) is 2. The van der Waals surface area contributed by atoms with Gasteiger partial charge < -0.3 is 20.1 Å². The van der Waals surface area contributed by atoms with Crippen molar-refractivity contribution in [3.8, 4) is 11.5 Å². The lowest BCUT2D eigenvalue weighted by Crippen LogP contribution is -2.27. The Bertz CT molecular complexity index is 447. The molecule has 118 valence electrons. The highest BCUT2D eigenvalue weighted by Gasteiger charge is 2.08. The number of benzene rings is 1. The lowest BCUT2D eigenvalue weighted by molar-refractivity contribution is -0.116. The minimum absolute atomic E-state index is 0.0187. The first kappa shape index (κ1) is 17.3. The van der Waals surface area contributed by atoms with Gasteiger partial charge in [0.15, 0.2) is 11.5 Å². The molecule has 5 heteroatoms. The van der Waals surface area contributed by atoms with Gasteiger partial charge in [0.2, 0.25) is 5.91 Å². The van der Waals surface area contributed by atoms with Crippen LogP contribution in [-0.4, -0.2) is 31.7 Å². The predicted octanol–water partition coefficient (Wildman–Crippen LogP) is 2.81. The second kappa shape index (κ2) is 9.23. The van der Waals surface area contributed by atoms with Crippen molar-refractivity contribution in [1.82, 2.24) is 5.32 Å². The zero-order valence-electron chi connectivity index (χ0n) is 13.4. The molecule has 1 rings (SSSR count). The van der Waals surface area contributed by atoms with Crippen LogP contribution < -0.4 is 20.1 Å². The fraction of sp³-hybridized carbons (Fsp3) is 0.562. The summed E-state index contributed by atoms with van der Waals surface area (Å²) in [6.45, 7) is 9.74. The second-order valence-electron chi connectivity index (χ2n) is 4.93. The van der Waals surface area contributed by atoms with E-state index in [4.69, 9.17) is 9.47 Å². The molecule has 21 heavy (non-hydrogen) atoms. The van der Waals surface area contributed by atoms with E-state index in [1.54, 1.807) is 6.07 Å². The van der Waals surface area contributed by atoms with Crippen LogP contribution >= 0.6 is 0 Å². The van der Waals surface area contributed by atoms with Gasteiger partial charge in [0.1, 0.15) is 0 Å². The highest BCUT2D eigenvalue weighted by Crippen LogP contribution is 2.30. The minimum Gasteiger partial charge on any atom is -0.490 e. The molecule has 0 radical (unpaired) electrons. The maximum absolute atomic E-state index is 11.9. The summed E-state index contributed by atoms with van der Waals surface area (Å²) in [4.78, 5) is 11.9. The third kappa shape index (κ3) is 6.49. The summed E-state index contributed by atoms with van der Waals surface area (Å²) in [5.74, 6) is 1.33. The maximum atomic E-state index is 11.9. The topological polar surface area (TPSA) is 59.6 Å². The van der Waals surface area contributed by atoms with E-state index in [0.29, 0.717) is 43.7 Å². The number of carbonyl (C=O) groups is 1. The largest absolute Gasteiger partial charge is 0.490 e. The van der Waals surface area contributed by atoms with Crippen molar-refractivity contribution in [3.63, 3.8) is 0 Å². The van der Waals surface area contributed by atoms with Crippen LogP contribution in [0.15, 0.2) is 18.2 Å². The van der Waals surface area contributed by atoms with Gasteiger partial charge in [0, 0.05) is 30.8 Å². The molecule has 0 fully saturated rings. The van der Waals surface area contributed by atoms with E-state index in [1.165, 1.54) is 0 Å².